The summed E-state index contributed by atoms with van der Waals surface area (Å²) in [5.74, 6) is 12.5. The van der Waals surface area contributed by atoms with E-state index in [9.17, 15) is 0 Å². The minimum absolute atomic E-state index is 0.497. The van der Waals surface area contributed by atoms with Crippen LogP contribution in [0, 0.1) is 47.3 Å². The molecular weight excluding hydrogens is 340 g/mol. The highest BCUT2D eigenvalue weighted by Crippen LogP contribution is 2.44. The van der Waals surface area contributed by atoms with Crippen LogP contribution in [0.2, 0.25) is 0 Å². The standard InChI is InChI=1S/C27H42O/c1-20-3-10-26(19-20)25-15-13-24(14-16-25)23-11-6-21(7-12-23)4-5-22-8-17-27(28-2)18-9-22/h19-25,27H,3,6-18H2,1-2H3. The van der Waals surface area contributed by atoms with E-state index in [0.29, 0.717) is 17.9 Å². The number of ether oxygens (including phenoxy) is 1. The van der Waals surface area contributed by atoms with Gasteiger partial charge in [-0.3, -0.25) is 0 Å². The molecule has 4 aliphatic carbocycles. The van der Waals surface area contributed by atoms with Gasteiger partial charge in [0, 0.05) is 18.9 Å². The third-order valence-electron chi connectivity index (χ3n) is 8.62. The molecule has 0 aromatic carbocycles. The van der Waals surface area contributed by atoms with Crippen molar-refractivity contribution in [3.05, 3.63) is 11.6 Å². The lowest BCUT2D eigenvalue weighted by atomic mass is 9.68. The highest BCUT2D eigenvalue weighted by Gasteiger charge is 2.32. The molecule has 0 aliphatic heterocycles. The van der Waals surface area contributed by atoms with Crippen molar-refractivity contribution in [3.8, 4) is 11.8 Å². The Hall–Kier alpha value is -0.740. The third kappa shape index (κ3) is 5.24. The molecule has 1 nitrogen and oxygen atoms in total. The largest absolute Gasteiger partial charge is 0.381 e. The second kappa shape index (κ2) is 9.84. The monoisotopic (exact) mass is 382 g/mol. The number of allylic oxidation sites excluding steroid dienone is 2. The summed E-state index contributed by atoms with van der Waals surface area (Å²) in [6.45, 7) is 2.39. The van der Waals surface area contributed by atoms with Gasteiger partial charge >= 0.3 is 0 Å². The Morgan fingerprint density at radius 3 is 1.75 bits per heavy atom. The summed E-state index contributed by atoms with van der Waals surface area (Å²) in [6, 6.07) is 0. The second-order valence-corrected chi connectivity index (χ2v) is 10.5. The molecule has 0 aromatic heterocycles. The lowest BCUT2D eigenvalue weighted by Gasteiger charge is -2.37. The van der Waals surface area contributed by atoms with Gasteiger partial charge in [-0.05, 0) is 114 Å². The Bertz CT molecular complexity index is 569. The first-order valence-corrected chi connectivity index (χ1v) is 12.5. The van der Waals surface area contributed by atoms with Crippen molar-refractivity contribution >= 4 is 0 Å². The van der Waals surface area contributed by atoms with Crippen LogP contribution in [-0.2, 0) is 4.74 Å². The molecule has 1 unspecified atom stereocenters. The SMILES string of the molecule is COC1CCC(C#CC2CCC(C3CCC(C4=CC(C)CC4)CC3)CC2)CC1. The number of rotatable bonds is 3. The fourth-order valence-electron chi connectivity index (χ4n) is 6.64. The van der Waals surface area contributed by atoms with E-state index in [1.165, 1.54) is 89.9 Å². The van der Waals surface area contributed by atoms with Crippen molar-refractivity contribution in [2.45, 2.75) is 103 Å². The molecule has 0 bridgehead atoms. The van der Waals surface area contributed by atoms with E-state index in [-0.39, 0.29) is 0 Å². The van der Waals surface area contributed by atoms with Crippen molar-refractivity contribution < 1.29 is 4.74 Å². The molecule has 0 saturated heterocycles. The van der Waals surface area contributed by atoms with Crippen LogP contribution in [0.5, 0.6) is 0 Å². The molecule has 1 atom stereocenters. The van der Waals surface area contributed by atoms with Crippen LogP contribution in [0.15, 0.2) is 11.6 Å². The quantitative estimate of drug-likeness (QED) is 0.371. The van der Waals surface area contributed by atoms with Crippen LogP contribution in [0.4, 0.5) is 0 Å². The lowest BCUT2D eigenvalue weighted by molar-refractivity contribution is 0.0636. The topological polar surface area (TPSA) is 9.23 Å². The zero-order chi connectivity index (χ0) is 19.3. The first kappa shape index (κ1) is 20.5. The summed E-state index contributed by atoms with van der Waals surface area (Å²) in [6.07, 6.45) is 22.4. The van der Waals surface area contributed by atoms with Crippen molar-refractivity contribution in [3.63, 3.8) is 0 Å². The molecule has 3 fully saturated rings. The molecule has 0 aromatic rings. The molecule has 156 valence electrons. The zero-order valence-corrected chi connectivity index (χ0v) is 18.4. The van der Waals surface area contributed by atoms with Gasteiger partial charge in [0.15, 0.2) is 0 Å². The normalized spacial score (nSPS) is 41.8. The average molecular weight is 383 g/mol. The van der Waals surface area contributed by atoms with Gasteiger partial charge in [-0.2, -0.15) is 0 Å². The van der Waals surface area contributed by atoms with Crippen molar-refractivity contribution in [1.82, 2.24) is 0 Å². The summed E-state index contributed by atoms with van der Waals surface area (Å²) < 4.78 is 5.49. The number of methoxy groups -OCH3 is 1. The zero-order valence-electron chi connectivity index (χ0n) is 18.4. The van der Waals surface area contributed by atoms with Crippen molar-refractivity contribution in [2.24, 2.45) is 35.5 Å². The molecule has 28 heavy (non-hydrogen) atoms. The van der Waals surface area contributed by atoms with Crippen molar-refractivity contribution in [2.75, 3.05) is 7.11 Å². The Labute approximate surface area is 174 Å². The van der Waals surface area contributed by atoms with Gasteiger partial charge in [-0.15, -0.1) is 0 Å². The maximum absolute atomic E-state index is 5.49. The van der Waals surface area contributed by atoms with Crippen LogP contribution >= 0.6 is 0 Å². The Balaban J connectivity index is 1.17. The van der Waals surface area contributed by atoms with Gasteiger partial charge in [0.05, 0.1) is 6.10 Å². The van der Waals surface area contributed by atoms with Gasteiger partial charge in [-0.25, -0.2) is 0 Å². The first-order chi connectivity index (χ1) is 13.7. The summed E-state index contributed by atoms with van der Waals surface area (Å²) >= 11 is 0. The van der Waals surface area contributed by atoms with Gasteiger partial charge in [0.2, 0.25) is 0 Å². The molecular formula is C27H42O. The van der Waals surface area contributed by atoms with Gasteiger partial charge < -0.3 is 4.74 Å². The summed E-state index contributed by atoms with van der Waals surface area (Å²) in [4.78, 5) is 0. The van der Waals surface area contributed by atoms with E-state index in [1.54, 1.807) is 0 Å². The smallest absolute Gasteiger partial charge is 0.0572 e. The lowest BCUT2D eigenvalue weighted by Crippen LogP contribution is -2.26. The van der Waals surface area contributed by atoms with Crippen LogP contribution < -0.4 is 0 Å². The molecule has 4 rings (SSSR count). The van der Waals surface area contributed by atoms with E-state index in [4.69, 9.17) is 4.74 Å². The maximum Gasteiger partial charge on any atom is 0.0572 e. The van der Waals surface area contributed by atoms with Crippen LogP contribution in [0.3, 0.4) is 0 Å². The van der Waals surface area contributed by atoms with Gasteiger partial charge in [0.1, 0.15) is 0 Å². The van der Waals surface area contributed by atoms with Crippen molar-refractivity contribution in [1.29, 1.82) is 0 Å². The van der Waals surface area contributed by atoms with E-state index >= 15 is 0 Å². The van der Waals surface area contributed by atoms with Gasteiger partial charge in [-0.1, -0.05) is 30.4 Å². The third-order valence-corrected chi connectivity index (χ3v) is 8.62. The van der Waals surface area contributed by atoms with E-state index < -0.39 is 0 Å². The maximum atomic E-state index is 5.49. The van der Waals surface area contributed by atoms with Crippen LogP contribution in [0.1, 0.15) is 96.8 Å². The van der Waals surface area contributed by atoms with E-state index in [1.807, 2.05) is 12.7 Å². The van der Waals surface area contributed by atoms with Crippen LogP contribution in [0.25, 0.3) is 0 Å². The summed E-state index contributed by atoms with van der Waals surface area (Å²) in [5, 5.41) is 0. The highest BCUT2D eigenvalue weighted by molar-refractivity contribution is 5.15. The molecule has 0 radical (unpaired) electrons. The molecule has 0 heterocycles. The number of hydrogen-bond acceptors (Lipinski definition) is 1. The predicted molar refractivity (Wildman–Crippen MR) is 118 cm³/mol. The molecule has 0 N–H and O–H groups in total. The minimum atomic E-state index is 0.497. The Kier molecular flexibility index (Phi) is 7.22. The Morgan fingerprint density at radius 2 is 1.25 bits per heavy atom. The number of hydrogen-bond donors (Lipinski definition) is 0. The fraction of sp³-hybridized carbons (Fsp3) is 0.852. The molecule has 3 saturated carbocycles. The second-order valence-electron chi connectivity index (χ2n) is 10.5. The predicted octanol–water partition coefficient (Wildman–Crippen LogP) is 7.16. The van der Waals surface area contributed by atoms with Gasteiger partial charge in [0.25, 0.3) is 0 Å². The summed E-state index contributed by atoms with van der Waals surface area (Å²) in [7, 11) is 1.86. The fourth-order valence-corrected chi connectivity index (χ4v) is 6.64. The minimum Gasteiger partial charge on any atom is -0.381 e. The molecule has 0 spiro atoms. The van der Waals surface area contributed by atoms with Crippen LogP contribution in [-0.4, -0.2) is 13.2 Å². The summed E-state index contributed by atoms with van der Waals surface area (Å²) in [5.41, 5.74) is 1.82. The first-order valence-electron chi connectivity index (χ1n) is 12.5. The molecule has 0 amide bonds. The average Bonchev–Trinajstić information content (AvgIpc) is 3.19. The Morgan fingerprint density at radius 1 is 0.714 bits per heavy atom. The van der Waals surface area contributed by atoms with E-state index in [0.717, 1.165) is 23.7 Å². The highest BCUT2D eigenvalue weighted by atomic mass is 16.5. The molecule has 4 aliphatic rings. The molecule has 1 heteroatoms. The van der Waals surface area contributed by atoms with E-state index in [2.05, 4.69) is 24.8 Å².